The average Bonchev–Trinajstić information content (AvgIpc) is 2.63. The van der Waals surface area contributed by atoms with Gasteiger partial charge in [0.1, 0.15) is 0 Å². The van der Waals surface area contributed by atoms with Crippen molar-refractivity contribution in [1.29, 1.82) is 0 Å². The van der Waals surface area contributed by atoms with Gasteiger partial charge in [0.2, 0.25) is 5.91 Å². The van der Waals surface area contributed by atoms with Crippen LogP contribution in [-0.2, 0) is 17.0 Å². The Morgan fingerprint density at radius 1 is 1.17 bits per heavy atom. The van der Waals surface area contributed by atoms with Crippen LogP contribution >= 0.6 is 23.5 Å². The Labute approximate surface area is 152 Å². The minimum absolute atomic E-state index is 0.141. The number of rotatable bonds is 6. The third kappa shape index (κ3) is 4.58. The van der Waals surface area contributed by atoms with E-state index in [4.69, 9.17) is 0 Å². The van der Waals surface area contributed by atoms with Gasteiger partial charge in [0.05, 0.1) is 11.8 Å². The molecule has 1 aliphatic rings. The number of carbonyl (C=O) groups excluding carboxylic acids is 1. The number of carbonyl (C=O) groups is 1. The van der Waals surface area contributed by atoms with Crippen molar-refractivity contribution in [3.05, 3.63) is 65.2 Å². The first-order valence-electron chi connectivity index (χ1n) is 8.34. The summed E-state index contributed by atoms with van der Waals surface area (Å²) in [7, 11) is 0. The third-order valence-corrected chi connectivity index (χ3v) is 6.11. The summed E-state index contributed by atoms with van der Waals surface area (Å²) in [6.07, 6.45) is 5.40. The molecule has 0 saturated heterocycles. The van der Waals surface area contributed by atoms with E-state index in [0.717, 1.165) is 25.0 Å². The minimum Gasteiger partial charge on any atom is -0.349 e. The number of benzene rings is 2. The Morgan fingerprint density at radius 3 is 2.75 bits per heavy atom. The summed E-state index contributed by atoms with van der Waals surface area (Å²) in [5.74, 6) is 1.54. The molecule has 0 aliphatic heterocycles. The van der Waals surface area contributed by atoms with Crippen LogP contribution in [0.1, 0.15) is 35.6 Å². The summed E-state index contributed by atoms with van der Waals surface area (Å²) in [6.45, 7) is 0. The largest absolute Gasteiger partial charge is 0.349 e. The van der Waals surface area contributed by atoms with Crippen molar-refractivity contribution >= 4 is 29.4 Å². The van der Waals surface area contributed by atoms with Crippen molar-refractivity contribution in [3.8, 4) is 0 Å². The van der Waals surface area contributed by atoms with Crippen molar-refractivity contribution in [2.24, 2.45) is 0 Å². The predicted molar refractivity (Wildman–Crippen MR) is 105 cm³/mol. The van der Waals surface area contributed by atoms with Crippen molar-refractivity contribution in [2.75, 3.05) is 12.0 Å². The zero-order valence-corrected chi connectivity index (χ0v) is 15.6. The van der Waals surface area contributed by atoms with Crippen LogP contribution in [0.25, 0.3) is 0 Å². The molecule has 2 aromatic rings. The standard InChI is InChI=1S/C20H23NOS2/c1-23-17-11-9-15(10-12-17)13-24-14-20(22)21-19-8-4-6-16-5-2-3-7-18(16)19/h2-3,5,7,9-12,19H,4,6,8,13-14H2,1H3,(H,21,22)/t19-/m0/s1. The SMILES string of the molecule is CSc1ccc(CSCC(=O)N[C@H]2CCCc3ccccc32)cc1. The number of thioether (sulfide) groups is 2. The Hall–Kier alpha value is -1.39. The van der Waals surface area contributed by atoms with Crippen LogP contribution in [0.15, 0.2) is 53.4 Å². The molecule has 0 bridgehead atoms. The van der Waals surface area contributed by atoms with Crippen molar-refractivity contribution in [1.82, 2.24) is 5.32 Å². The third-order valence-electron chi connectivity index (χ3n) is 4.37. The molecular formula is C20H23NOS2. The summed E-state index contributed by atoms with van der Waals surface area (Å²) in [4.78, 5) is 13.6. The van der Waals surface area contributed by atoms with Gasteiger partial charge in [-0.25, -0.2) is 0 Å². The van der Waals surface area contributed by atoms with Gasteiger partial charge in [-0.3, -0.25) is 4.79 Å². The second-order valence-electron chi connectivity index (χ2n) is 6.05. The first-order valence-corrected chi connectivity index (χ1v) is 10.7. The van der Waals surface area contributed by atoms with Gasteiger partial charge >= 0.3 is 0 Å². The van der Waals surface area contributed by atoms with Crippen LogP contribution in [0.3, 0.4) is 0 Å². The van der Waals surface area contributed by atoms with Crippen LogP contribution in [0.4, 0.5) is 0 Å². The molecule has 2 aromatic carbocycles. The maximum absolute atomic E-state index is 12.3. The number of amides is 1. The molecule has 2 nitrogen and oxygen atoms in total. The highest BCUT2D eigenvalue weighted by Crippen LogP contribution is 2.29. The molecule has 24 heavy (non-hydrogen) atoms. The zero-order valence-electron chi connectivity index (χ0n) is 14.0. The second kappa shape index (κ2) is 8.63. The van der Waals surface area contributed by atoms with Gasteiger partial charge in [-0.15, -0.1) is 23.5 Å². The minimum atomic E-state index is 0.141. The van der Waals surface area contributed by atoms with Gasteiger partial charge in [0.15, 0.2) is 0 Å². The molecule has 1 N–H and O–H groups in total. The van der Waals surface area contributed by atoms with Crippen molar-refractivity contribution in [3.63, 3.8) is 0 Å². The molecule has 0 fully saturated rings. The lowest BCUT2D eigenvalue weighted by atomic mass is 9.88. The molecule has 0 saturated carbocycles. The van der Waals surface area contributed by atoms with E-state index < -0.39 is 0 Å². The number of hydrogen-bond donors (Lipinski definition) is 1. The number of hydrogen-bond acceptors (Lipinski definition) is 3. The fraction of sp³-hybridized carbons (Fsp3) is 0.350. The molecule has 3 rings (SSSR count). The molecule has 126 valence electrons. The summed E-state index contributed by atoms with van der Waals surface area (Å²) in [6, 6.07) is 17.2. The molecule has 1 amide bonds. The molecule has 0 aromatic heterocycles. The Bertz CT molecular complexity index is 684. The highest BCUT2D eigenvalue weighted by atomic mass is 32.2. The maximum atomic E-state index is 12.3. The van der Waals surface area contributed by atoms with E-state index in [-0.39, 0.29) is 11.9 Å². The number of nitrogens with one attached hydrogen (secondary N) is 1. The topological polar surface area (TPSA) is 29.1 Å². The van der Waals surface area contributed by atoms with E-state index in [0.29, 0.717) is 5.75 Å². The molecule has 0 unspecified atom stereocenters. The van der Waals surface area contributed by atoms with Gasteiger partial charge in [-0.2, -0.15) is 0 Å². The molecule has 1 atom stereocenters. The van der Waals surface area contributed by atoms with Gasteiger partial charge in [-0.05, 0) is 54.3 Å². The summed E-state index contributed by atoms with van der Waals surface area (Å²) < 4.78 is 0. The molecule has 0 radical (unpaired) electrons. The maximum Gasteiger partial charge on any atom is 0.230 e. The molecule has 4 heteroatoms. The highest BCUT2D eigenvalue weighted by molar-refractivity contribution is 7.99. The summed E-state index contributed by atoms with van der Waals surface area (Å²) >= 11 is 3.43. The Morgan fingerprint density at radius 2 is 1.96 bits per heavy atom. The Balaban J connectivity index is 1.48. The zero-order chi connectivity index (χ0) is 16.8. The normalized spacial score (nSPS) is 16.5. The predicted octanol–water partition coefficient (Wildman–Crippen LogP) is 4.84. The van der Waals surface area contributed by atoms with Crippen LogP contribution < -0.4 is 5.32 Å². The van der Waals surface area contributed by atoms with Gasteiger partial charge < -0.3 is 5.32 Å². The lowest BCUT2D eigenvalue weighted by Gasteiger charge is -2.26. The summed E-state index contributed by atoms with van der Waals surface area (Å²) in [5.41, 5.74) is 3.96. The number of aryl methyl sites for hydroxylation is 1. The van der Waals surface area contributed by atoms with Crippen LogP contribution in [0.2, 0.25) is 0 Å². The van der Waals surface area contributed by atoms with Gasteiger partial charge in [-0.1, -0.05) is 36.4 Å². The van der Waals surface area contributed by atoms with E-state index in [1.54, 1.807) is 23.5 Å². The van der Waals surface area contributed by atoms with Crippen LogP contribution in [-0.4, -0.2) is 17.9 Å². The first kappa shape index (κ1) is 17.4. The fourth-order valence-electron chi connectivity index (χ4n) is 3.12. The van der Waals surface area contributed by atoms with E-state index in [1.165, 1.54) is 21.6 Å². The van der Waals surface area contributed by atoms with E-state index in [1.807, 2.05) is 0 Å². The van der Waals surface area contributed by atoms with E-state index in [2.05, 4.69) is 60.1 Å². The molecule has 0 heterocycles. The smallest absolute Gasteiger partial charge is 0.230 e. The molecule has 0 spiro atoms. The number of fused-ring (bicyclic) bond motifs is 1. The fourth-order valence-corrected chi connectivity index (χ4v) is 4.33. The monoisotopic (exact) mass is 357 g/mol. The molecular weight excluding hydrogens is 334 g/mol. The lowest BCUT2D eigenvalue weighted by molar-refractivity contribution is -0.119. The second-order valence-corrected chi connectivity index (χ2v) is 7.92. The quantitative estimate of drug-likeness (QED) is 0.750. The van der Waals surface area contributed by atoms with Crippen molar-refractivity contribution in [2.45, 2.75) is 36.0 Å². The first-order chi connectivity index (χ1) is 11.8. The highest BCUT2D eigenvalue weighted by Gasteiger charge is 2.21. The van der Waals surface area contributed by atoms with Crippen LogP contribution in [0.5, 0.6) is 0 Å². The van der Waals surface area contributed by atoms with Crippen LogP contribution in [0, 0.1) is 0 Å². The summed E-state index contributed by atoms with van der Waals surface area (Å²) in [5, 5.41) is 3.22. The van der Waals surface area contributed by atoms with E-state index in [9.17, 15) is 4.79 Å². The average molecular weight is 358 g/mol. The molecule has 1 aliphatic carbocycles. The lowest BCUT2D eigenvalue weighted by Crippen LogP contribution is -2.32. The van der Waals surface area contributed by atoms with Gasteiger partial charge in [0.25, 0.3) is 0 Å². The Kier molecular flexibility index (Phi) is 6.27. The van der Waals surface area contributed by atoms with E-state index >= 15 is 0 Å². The van der Waals surface area contributed by atoms with Gasteiger partial charge in [0, 0.05) is 10.6 Å². The van der Waals surface area contributed by atoms with Crippen molar-refractivity contribution < 1.29 is 4.79 Å².